The lowest BCUT2D eigenvalue weighted by Crippen LogP contribution is -2.57. The number of nitrogens with zero attached hydrogens (tertiary/aromatic N) is 4. The van der Waals surface area contributed by atoms with Gasteiger partial charge in [0.1, 0.15) is 0 Å². The van der Waals surface area contributed by atoms with E-state index in [1.54, 1.807) is 6.20 Å². The van der Waals surface area contributed by atoms with Gasteiger partial charge in [-0.1, -0.05) is 12.1 Å². The van der Waals surface area contributed by atoms with E-state index in [2.05, 4.69) is 14.8 Å². The molecule has 0 saturated carbocycles. The van der Waals surface area contributed by atoms with Crippen LogP contribution >= 0.6 is 0 Å². The number of amides is 1. The maximum Gasteiger partial charge on any atom is 0.416 e. The Hall–Kier alpha value is -3.71. The van der Waals surface area contributed by atoms with Gasteiger partial charge in [0.25, 0.3) is 5.91 Å². The molecule has 0 bridgehead atoms. The van der Waals surface area contributed by atoms with Crippen LogP contribution in [0, 0.1) is 5.82 Å². The van der Waals surface area contributed by atoms with Crippen molar-refractivity contribution in [3.8, 4) is 5.75 Å². The summed E-state index contributed by atoms with van der Waals surface area (Å²) >= 11 is 0. The lowest BCUT2D eigenvalue weighted by Gasteiger charge is -2.42. The van der Waals surface area contributed by atoms with Crippen LogP contribution in [0.4, 0.5) is 30.7 Å². The summed E-state index contributed by atoms with van der Waals surface area (Å²) in [7, 11) is 0. The van der Waals surface area contributed by atoms with Crippen molar-refractivity contribution in [1.29, 1.82) is 0 Å². The Morgan fingerprint density at radius 1 is 0.907 bits per heavy atom. The highest BCUT2D eigenvalue weighted by molar-refractivity contribution is 5.95. The molecule has 1 amide bonds. The summed E-state index contributed by atoms with van der Waals surface area (Å²) in [5, 5.41) is 9.86. The highest BCUT2D eigenvalue weighted by Crippen LogP contribution is 2.37. The number of aromatic hydroxyl groups is 1. The molecule has 0 unspecified atom stereocenters. The SMILES string of the molecule is O=C(c1cc(C(F)(F)F)cc(C(F)(F)F)c1)N1CCN(CCN2CCc3ncccc3C2)C[C@H]1Cc1ccc(F)c(O)c1. The summed E-state index contributed by atoms with van der Waals surface area (Å²) in [5.41, 5.74) is -1.17. The molecule has 5 rings (SSSR count). The summed E-state index contributed by atoms with van der Waals surface area (Å²) in [5.74, 6) is -2.41. The number of phenolic OH excluding ortho intramolecular Hbond substituents is 1. The van der Waals surface area contributed by atoms with Gasteiger partial charge < -0.3 is 10.0 Å². The molecule has 2 aliphatic rings. The van der Waals surface area contributed by atoms with Crippen molar-refractivity contribution < 1.29 is 40.6 Å². The molecule has 0 spiro atoms. The number of pyridine rings is 1. The maximum atomic E-state index is 13.7. The minimum Gasteiger partial charge on any atom is -0.505 e. The van der Waals surface area contributed by atoms with Gasteiger partial charge in [-0.2, -0.15) is 26.3 Å². The molecule has 1 fully saturated rings. The zero-order chi connectivity index (χ0) is 30.9. The third kappa shape index (κ3) is 7.27. The van der Waals surface area contributed by atoms with Crippen molar-refractivity contribution in [2.45, 2.75) is 37.8 Å². The van der Waals surface area contributed by atoms with Crippen molar-refractivity contribution in [2.24, 2.45) is 0 Å². The van der Waals surface area contributed by atoms with Crippen LogP contribution in [-0.4, -0.2) is 76.0 Å². The van der Waals surface area contributed by atoms with Gasteiger partial charge in [0.2, 0.25) is 0 Å². The van der Waals surface area contributed by atoms with Crippen molar-refractivity contribution in [2.75, 3.05) is 39.3 Å². The van der Waals surface area contributed by atoms with Gasteiger partial charge in [-0.25, -0.2) is 4.39 Å². The minimum absolute atomic E-state index is 0.0114. The number of hydrogen-bond donors (Lipinski definition) is 1. The monoisotopic (exact) mass is 610 g/mol. The number of carbonyl (C=O) groups is 1. The largest absolute Gasteiger partial charge is 0.505 e. The number of carbonyl (C=O) groups excluding carboxylic acids is 1. The average molecular weight is 611 g/mol. The molecular weight excluding hydrogens is 581 g/mol. The predicted molar refractivity (Wildman–Crippen MR) is 143 cm³/mol. The first-order valence-corrected chi connectivity index (χ1v) is 13.7. The van der Waals surface area contributed by atoms with Gasteiger partial charge >= 0.3 is 12.4 Å². The summed E-state index contributed by atoms with van der Waals surface area (Å²) in [4.78, 5) is 23.6. The number of hydrogen-bond acceptors (Lipinski definition) is 5. The topological polar surface area (TPSA) is 59.9 Å². The Balaban J connectivity index is 1.36. The molecule has 1 saturated heterocycles. The average Bonchev–Trinajstić information content (AvgIpc) is 2.96. The molecule has 3 aromatic rings. The van der Waals surface area contributed by atoms with Crippen LogP contribution in [-0.2, 0) is 31.7 Å². The molecule has 13 heteroatoms. The van der Waals surface area contributed by atoms with Crippen molar-refractivity contribution in [1.82, 2.24) is 19.7 Å². The van der Waals surface area contributed by atoms with Gasteiger partial charge in [-0.05, 0) is 53.9 Å². The van der Waals surface area contributed by atoms with Crippen LogP contribution in [0.3, 0.4) is 0 Å². The number of phenols is 1. The first-order valence-electron chi connectivity index (χ1n) is 13.7. The molecule has 2 aromatic carbocycles. The summed E-state index contributed by atoms with van der Waals surface area (Å²) in [6.07, 6.45) is -7.51. The van der Waals surface area contributed by atoms with Crippen molar-refractivity contribution >= 4 is 5.91 Å². The molecule has 3 heterocycles. The normalized spacial score (nSPS) is 18.5. The molecular formula is C30H29F7N4O2. The zero-order valence-corrected chi connectivity index (χ0v) is 22.9. The second kappa shape index (κ2) is 12.1. The van der Waals surface area contributed by atoms with Gasteiger partial charge in [0, 0.05) is 75.7 Å². The van der Waals surface area contributed by atoms with E-state index in [0.717, 1.165) is 36.8 Å². The van der Waals surface area contributed by atoms with E-state index < -0.39 is 52.6 Å². The first-order chi connectivity index (χ1) is 20.3. The third-order valence-corrected chi connectivity index (χ3v) is 7.92. The maximum absolute atomic E-state index is 13.7. The van der Waals surface area contributed by atoms with Crippen molar-refractivity contribution in [3.05, 3.63) is 94.1 Å². The second-order valence-corrected chi connectivity index (χ2v) is 10.9. The van der Waals surface area contributed by atoms with Crippen LogP contribution < -0.4 is 0 Å². The van der Waals surface area contributed by atoms with Gasteiger partial charge in [0.05, 0.1) is 11.1 Å². The fourth-order valence-corrected chi connectivity index (χ4v) is 5.66. The molecule has 1 aromatic heterocycles. The van der Waals surface area contributed by atoms with Gasteiger partial charge in [-0.3, -0.25) is 19.6 Å². The Kier molecular flexibility index (Phi) is 8.66. The van der Waals surface area contributed by atoms with Crippen LogP contribution in [0.1, 0.15) is 38.3 Å². The number of aromatic nitrogens is 1. The zero-order valence-electron chi connectivity index (χ0n) is 22.9. The summed E-state index contributed by atoms with van der Waals surface area (Å²) in [6.45, 7) is 3.56. The van der Waals surface area contributed by atoms with Crippen LogP contribution in [0.5, 0.6) is 5.75 Å². The van der Waals surface area contributed by atoms with E-state index in [0.29, 0.717) is 37.3 Å². The Morgan fingerprint density at radius 3 is 2.28 bits per heavy atom. The Bertz CT molecular complexity index is 1450. The standard InChI is InChI=1S/C30H29F7N4O2/c31-25-4-3-19(13-27(25)42)12-24-18-40(9-8-39-7-5-26-20(17-39)2-1-6-38-26)10-11-41(24)28(43)21-14-22(29(32,33)34)16-23(15-21)30(35,36)37/h1-4,6,13-16,24,42H,5,7-12,17-18H2/t24-/m1/s1. The first kappa shape index (κ1) is 30.7. The van der Waals surface area contributed by atoms with E-state index in [1.807, 2.05) is 12.1 Å². The molecule has 2 aliphatic heterocycles. The van der Waals surface area contributed by atoms with E-state index in [-0.39, 0.29) is 25.6 Å². The highest BCUT2D eigenvalue weighted by Gasteiger charge is 2.39. The molecule has 0 radical (unpaired) electrons. The number of rotatable bonds is 6. The number of piperazine rings is 1. The smallest absolute Gasteiger partial charge is 0.416 e. The number of fused-ring (bicyclic) bond motifs is 1. The lowest BCUT2D eigenvalue weighted by molar-refractivity contribution is -0.143. The fraction of sp³-hybridized carbons (Fsp3) is 0.400. The number of benzene rings is 2. The van der Waals surface area contributed by atoms with E-state index in [9.17, 15) is 40.6 Å². The van der Waals surface area contributed by atoms with E-state index in [1.165, 1.54) is 17.0 Å². The molecule has 230 valence electrons. The van der Waals surface area contributed by atoms with Crippen molar-refractivity contribution in [3.63, 3.8) is 0 Å². The Morgan fingerprint density at radius 2 is 1.60 bits per heavy atom. The fourth-order valence-electron chi connectivity index (χ4n) is 5.66. The second-order valence-electron chi connectivity index (χ2n) is 10.9. The minimum atomic E-state index is -5.09. The van der Waals surface area contributed by atoms with E-state index in [4.69, 9.17) is 0 Å². The Labute approximate surface area is 243 Å². The highest BCUT2D eigenvalue weighted by atomic mass is 19.4. The van der Waals surface area contributed by atoms with E-state index >= 15 is 0 Å². The van der Waals surface area contributed by atoms with Gasteiger partial charge in [-0.15, -0.1) is 0 Å². The van der Waals surface area contributed by atoms with Crippen LogP contribution in [0.15, 0.2) is 54.7 Å². The predicted octanol–water partition coefficient (Wildman–Crippen LogP) is 5.39. The van der Waals surface area contributed by atoms with Crippen LogP contribution in [0.2, 0.25) is 0 Å². The summed E-state index contributed by atoms with van der Waals surface area (Å²) < 4.78 is 94.6. The molecule has 0 aliphatic carbocycles. The third-order valence-electron chi connectivity index (χ3n) is 7.92. The molecule has 43 heavy (non-hydrogen) atoms. The summed E-state index contributed by atoms with van der Waals surface area (Å²) in [6, 6.07) is 7.79. The number of alkyl halides is 6. The molecule has 1 N–H and O–H groups in total. The quantitative estimate of drug-likeness (QED) is 0.380. The van der Waals surface area contributed by atoms with Gasteiger partial charge in [0.15, 0.2) is 11.6 Å². The number of halogens is 7. The molecule has 1 atom stereocenters. The van der Waals surface area contributed by atoms with Crippen LogP contribution in [0.25, 0.3) is 0 Å². The lowest BCUT2D eigenvalue weighted by atomic mass is 9.98. The molecule has 6 nitrogen and oxygen atoms in total.